The molecule has 0 aliphatic heterocycles. The van der Waals surface area contributed by atoms with E-state index in [9.17, 15) is 8.78 Å². The fraction of sp³-hybridized carbons (Fsp3) is 0.176. The van der Waals surface area contributed by atoms with Crippen LogP contribution in [0.1, 0.15) is 36.2 Å². The number of rotatable bonds is 3. The Morgan fingerprint density at radius 2 is 1.29 bits per heavy atom. The van der Waals surface area contributed by atoms with Crippen LogP contribution in [0.5, 0.6) is 0 Å². The predicted octanol–water partition coefficient (Wildman–Crippen LogP) is 8.11. The Morgan fingerprint density at radius 1 is 0.658 bits per heavy atom. The minimum Gasteiger partial charge on any atom is -0.234 e. The van der Waals surface area contributed by atoms with Crippen LogP contribution in [0.25, 0.3) is 44.9 Å². The Hall–Kier alpha value is -4.18. The van der Waals surface area contributed by atoms with E-state index in [1.54, 1.807) is 18.2 Å². The molecule has 1 aliphatic carbocycles. The van der Waals surface area contributed by atoms with Gasteiger partial charge in [0.25, 0.3) is 0 Å². The number of aryl methyl sites for hydroxylation is 1. The Bertz CT molecular complexity index is 1730. The summed E-state index contributed by atoms with van der Waals surface area (Å²) in [5.41, 5.74) is 12.0. The fourth-order valence-corrected chi connectivity index (χ4v) is 5.87. The Balaban J connectivity index is 1.60. The highest BCUT2D eigenvalue weighted by Crippen LogP contribution is 2.49. The first-order valence-electron chi connectivity index (χ1n) is 12.8. The molecule has 0 saturated carbocycles. The normalized spacial score (nSPS) is 13.3. The molecule has 4 heteroatoms. The van der Waals surface area contributed by atoms with Gasteiger partial charge < -0.3 is 0 Å². The lowest BCUT2D eigenvalue weighted by Crippen LogP contribution is -2.37. The van der Waals surface area contributed by atoms with Gasteiger partial charge in [0.1, 0.15) is 30.1 Å². The Labute approximate surface area is 222 Å². The SMILES string of the molecule is Cc1cc(F)ccc1-c1c(-c2ccc(F)cc2)nc(-c2ccc3c(c2)C(C)(C)c2ccccc2-3)c(C)[n+]1C. The van der Waals surface area contributed by atoms with Crippen LogP contribution in [-0.4, -0.2) is 4.98 Å². The zero-order chi connectivity index (χ0) is 26.8. The summed E-state index contributed by atoms with van der Waals surface area (Å²) in [6, 6.07) is 26.4. The van der Waals surface area contributed by atoms with Gasteiger partial charge in [-0.1, -0.05) is 50.2 Å². The number of fused-ring (bicyclic) bond motifs is 3. The van der Waals surface area contributed by atoms with E-state index >= 15 is 0 Å². The van der Waals surface area contributed by atoms with E-state index in [0.29, 0.717) is 0 Å². The molecule has 1 aliphatic rings. The lowest BCUT2D eigenvalue weighted by molar-refractivity contribution is -0.666. The minimum atomic E-state index is -0.301. The lowest BCUT2D eigenvalue weighted by atomic mass is 9.82. The first-order chi connectivity index (χ1) is 18.2. The second-order valence-corrected chi connectivity index (χ2v) is 10.7. The maximum Gasteiger partial charge on any atom is 0.239 e. The summed E-state index contributed by atoms with van der Waals surface area (Å²) >= 11 is 0. The van der Waals surface area contributed by atoms with Crippen LogP contribution in [0.3, 0.4) is 0 Å². The maximum absolute atomic E-state index is 14.0. The number of hydrogen-bond acceptors (Lipinski definition) is 1. The van der Waals surface area contributed by atoms with Crippen molar-refractivity contribution in [2.45, 2.75) is 33.1 Å². The minimum absolute atomic E-state index is 0.122. The van der Waals surface area contributed by atoms with E-state index in [0.717, 1.165) is 45.0 Å². The zero-order valence-corrected chi connectivity index (χ0v) is 22.2. The summed E-state index contributed by atoms with van der Waals surface area (Å²) in [5.74, 6) is -0.578. The quantitative estimate of drug-likeness (QED) is 0.227. The molecule has 5 aromatic rings. The van der Waals surface area contributed by atoms with Gasteiger partial charge in [-0.05, 0) is 83.3 Å². The number of nitrogens with zero attached hydrogens (tertiary/aromatic N) is 2. The largest absolute Gasteiger partial charge is 0.239 e. The highest BCUT2D eigenvalue weighted by molar-refractivity contribution is 5.84. The third-order valence-corrected chi connectivity index (χ3v) is 8.05. The molecule has 4 aromatic carbocycles. The van der Waals surface area contributed by atoms with Crippen molar-refractivity contribution in [3.8, 4) is 44.9 Å². The molecule has 188 valence electrons. The summed E-state index contributed by atoms with van der Waals surface area (Å²) in [7, 11) is 2.01. The van der Waals surface area contributed by atoms with Gasteiger partial charge in [0.2, 0.25) is 11.4 Å². The van der Waals surface area contributed by atoms with Crippen molar-refractivity contribution in [2.24, 2.45) is 7.05 Å². The van der Waals surface area contributed by atoms with Gasteiger partial charge in [-0.25, -0.2) is 13.8 Å². The second-order valence-electron chi connectivity index (χ2n) is 10.7. The van der Waals surface area contributed by atoms with E-state index < -0.39 is 0 Å². The van der Waals surface area contributed by atoms with Crippen LogP contribution >= 0.6 is 0 Å². The van der Waals surface area contributed by atoms with Crippen molar-refractivity contribution >= 4 is 0 Å². The van der Waals surface area contributed by atoms with Gasteiger partial charge in [0, 0.05) is 23.5 Å². The van der Waals surface area contributed by atoms with Gasteiger partial charge in [0.05, 0.1) is 5.56 Å². The van der Waals surface area contributed by atoms with E-state index in [1.807, 2.05) is 14.0 Å². The van der Waals surface area contributed by atoms with Crippen LogP contribution in [0.4, 0.5) is 8.78 Å². The smallest absolute Gasteiger partial charge is 0.234 e. The zero-order valence-electron chi connectivity index (χ0n) is 22.2. The van der Waals surface area contributed by atoms with E-state index in [1.165, 1.54) is 46.5 Å². The summed E-state index contributed by atoms with van der Waals surface area (Å²) in [5, 5.41) is 0. The summed E-state index contributed by atoms with van der Waals surface area (Å²) in [6.07, 6.45) is 0. The predicted molar refractivity (Wildman–Crippen MR) is 149 cm³/mol. The molecule has 0 atom stereocenters. The topological polar surface area (TPSA) is 16.8 Å². The van der Waals surface area contributed by atoms with E-state index in [4.69, 9.17) is 4.98 Å². The number of aromatic nitrogens is 2. The van der Waals surface area contributed by atoms with Gasteiger partial charge >= 0.3 is 0 Å². The van der Waals surface area contributed by atoms with Crippen molar-refractivity contribution in [1.29, 1.82) is 0 Å². The van der Waals surface area contributed by atoms with Crippen molar-refractivity contribution in [3.05, 3.63) is 119 Å². The first-order valence-corrected chi connectivity index (χ1v) is 12.8. The van der Waals surface area contributed by atoms with Crippen LogP contribution in [0.15, 0.2) is 84.9 Å². The Morgan fingerprint density at radius 3 is 2.03 bits per heavy atom. The highest BCUT2D eigenvalue weighted by atomic mass is 19.1. The average Bonchev–Trinajstić information content (AvgIpc) is 3.13. The van der Waals surface area contributed by atoms with Crippen LogP contribution < -0.4 is 4.57 Å². The van der Waals surface area contributed by atoms with E-state index in [-0.39, 0.29) is 17.0 Å². The maximum atomic E-state index is 14.0. The molecule has 0 spiro atoms. The molecule has 1 aromatic heterocycles. The molecule has 6 rings (SSSR count). The molecular formula is C34H29F2N2+. The van der Waals surface area contributed by atoms with Crippen LogP contribution in [0, 0.1) is 25.5 Å². The monoisotopic (exact) mass is 503 g/mol. The molecule has 0 unspecified atom stereocenters. The summed E-state index contributed by atoms with van der Waals surface area (Å²) in [6.45, 7) is 8.50. The standard InChI is InChI=1S/C34H29F2N2/c1-20-18-25(36)15-17-26(20)33-32(22-10-13-24(35)14-11-22)37-31(21(2)38(33)5)23-12-16-28-27-8-6-7-9-29(27)34(3,4)30(28)19-23/h6-19H,1-5H3/q+1. The Kier molecular flexibility index (Phi) is 5.53. The van der Waals surface area contributed by atoms with Crippen LogP contribution in [-0.2, 0) is 12.5 Å². The molecule has 2 nitrogen and oxygen atoms in total. The lowest BCUT2D eigenvalue weighted by Gasteiger charge is -2.22. The fourth-order valence-electron chi connectivity index (χ4n) is 5.87. The average molecular weight is 504 g/mol. The van der Waals surface area contributed by atoms with Gasteiger partial charge in [0.15, 0.2) is 0 Å². The molecule has 0 N–H and O–H groups in total. The third kappa shape index (κ3) is 3.66. The van der Waals surface area contributed by atoms with E-state index in [2.05, 4.69) is 67.8 Å². The van der Waals surface area contributed by atoms with Crippen molar-refractivity contribution in [3.63, 3.8) is 0 Å². The molecular weight excluding hydrogens is 474 g/mol. The molecule has 0 bridgehead atoms. The third-order valence-electron chi connectivity index (χ3n) is 8.05. The number of hydrogen-bond donors (Lipinski definition) is 0. The van der Waals surface area contributed by atoms with Crippen LogP contribution in [0.2, 0.25) is 0 Å². The summed E-state index contributed by atoms with van der Waals surface area (Å²) in [4.78, 5) is 5.23. The van der Waals surface area contributed by atoms with Gasteiger partial charge in [-0.2, -0.15) is 4.57 Å². The molecule has 0 saturated heterocycles. The second kappa shape index (κ2) is 8.70. The van der Waals surface area contributed by atoms with Crippen molar-refractivity contribution < 1.29 is 13.3 Å². The van der Waals surface area contributed by atoms with Crippen molar-refractivity contribution in [1.82, 2.24) is 4.98 Å². The molecule has 0 fully saturated rings. The molecule has 1 heterocycles. The molecule has 0 amide bonds. The van der Waals surface area contributed by atoms with Gasteiger partial charge in [-0.15, -0.1) is 0 Å². The number of halogens is 2. The first kappa shape index (κ1) is 24.2. The summed E-state index contributed by atoms with van der Waals surface area (Å²) < 4.78 is 30.0. The highest BCUT2D eigenvalue weighted by Gasteiger charge is 2.36. The number of benzene rings is 4. The van der Waals surface area contributed by atoms with Crippen molar-refractivity contribution in [2.75, 3.05) is 0 Å². The molecule has 0 radical (unpaired) electrons. The molecule has 38 heavy (non-hydrogen) atoms. The van der Waals surface area contributed by atoms with Gasteiger partial charge in [-0.3, -0.25) is 0 Å².